The second-order valence-electron chi connectivity index (χ2n) is 3.63. The number of hydrazine groups is 1. The summed E-state index contributed by atoms with van der Waals surface area (Å²) in [5, 5.41) is 0.714. The van der Waals surface area contributed by atoms with Crippen LogP contribution < -0.4 is 11.3 Å². The van der Waals surface area contributed by atoms with Crippen molar-refractivity contribution < 1.29 is 0 Å². The van der Waals surface area contributed by atoms with E-state index in [-0.39, 0.29) is 6.04 Å². The fraction of sp³-hybridized carbons (Fsp3) is 0.182. The Morgan fingerprint density at radius 2 is 2.35 bits per heavy atom. The van der Waals surface area contributed by atoms with E-state index < -0.39 is 0 Å². The summed E-state index contributed by atoms with van der Waals surface area (Å²) in [4.78, 5) is 7.21. The van der Waals surface area contributed by atoms with E-state index in [0.717, 1.165) is 15.9 Å². The zero-order valence-corrected chi connectivity index (χ0v) is 11.3. The molecule has 17 heavy (non-hydrogen) atoms. The van der Waals surface area contributed by atoms with Gasteiger partial charge in [-0.1, -0.05) is 33.6 Å². The summed E-state index contributed by atoms with van der Waals surface area (Å²) in [6, 6.07) is 5.71. The van der Waals surface area contributed by atoms with Crippen LogP contribution in [-0.4, -0.2) is 9.97 Å². The van der Waals surface area contributed by atoms with E-state index in [1.54, 1.807) is 12.4 Å². The third-order valence-electron chi connectivity index (χ3n) is 2.49. The van der Waals surface area contributed by atoms with Crippen molar-refractivity contribution in [2.75, 3.05) is 0 Å². The molecule has 0 fully saturated rings. The number of aromatic amines is 1. The zero-order chi connectivity index (χ0) is 12.3. The summed E-state index contributed by atoms with van der Waals surface area (Å²) in [7, 11) is 0. The Morgan fingerprint density at radius 1 is 1.53 bits per heavy atom. The van der Waals surface area contributed by atoms with Gasteiger partial charge in [0.25, 0.3) is 0 Å². The maximum absolute atomic E-state index is 6.16. The van der Waals surface area contributed by atoms with Crippen LogP contribution in [-0.2, 0) is 6.42 Å². The van der Waals surface area contributed by atoms with Crippen LogP contribution in [0.15, 0.2) is 35.1 Å². The lowest BCUT2D eigenvalue weighted by Gasteiger charge is -2.14. The van der Waals surface area contributed by atoms with Gasteiger partial charge in [0.2, 0.25) is 0 Å². The smallest absolute Gasteiger partial charge is 0.124 e. The van der Waals surface area contributed by atoms with E-state index in [0.29, 0.717) is 11.4 Å². The van der Waals surface area contributed by atoms with E-state index in [1.807, 2.05) is 18.2 Å². The van der Waals surface area contributed by atoms with Crippen molar-refractivity contribution >= 4 is 27.5 Å². The molecule has 1 heterocycles. The van der Waals surface area contributed by atoms with Gasteiger partial charge in [-0.3, -0.25) is 5.84 Å². The summed E-state index contributed by atoms with van der Waals surface area (Å²) in [5.74, 6) is 6.33. The molecule has 2 rings (SSSR count). The van der Waals surface area contributed by atoms with Crippen LogP contribution in [0.3, 0.4) is 0 Å². The maximum Gasteiger partial charge on any atom is 0.124 e. The number of nitrogens with zero attached hydrogens (tertiary/aromatic N) is 1. The molecule has 6 heteroatoms. The number of aromatic nitrogens is 2. The van der Waals surface area contributed by atoms with Gasteiger partial charge in [0.15, 0.2) is 0 Å². The first-order valence-corrected chi connectivity index (χ1v) is 6.27. The molecule has 0 aliphatic carbocycles. The molecule has 0 radical (unpaired) electrons. The SMILES string of the molecule is NNC(Cc1ccc(Br)cc1Cl)c1ncc[nH]1. The summed E-state index contributed by atoms with van der Waals surface area (Å²) >= 11 is 9.54. The third kappa shape index (κ3) is 3.07. The summed E-state index contributed by atoms with van der Waals surface area (Å²) < 4.78 is 0.960. The number of rotatable bonds is 4. The first kappa shape index (κ1) is 12.6. The predicted molar refractivity (Wildman–Crippen MR) is 71.5 cm³/mol. The minimum atomic E-state index is -0.0799. The minimum Gasteiger partial charge on any atom is -0.347 e. The predicted octanol–water partition coefficient (Wildman–Crippen LogP) is 2.57. The molecule has 0 saturated heterocycles. The molecule has 0 spiro atoms. The standard InChI is InChI=1S/C11H12BrClN4/c12-8-2-1-7(9(13)6-8)5-10(17-14)11-15-3-4-16-11/h1-4,6,10,17H,5,14H2,(H,15,16). The Bertz CT molecular complexity index is 486. The highest BCUT2D eigenvalue weighted by Crippen LogP contribution is 2.25. The molecule has 2 aromatic rings. The number of nitrogens with one attached hydrogen (secondary N) is 2. The fourth-order valence-corrected chi connectivity index (χ4v) is 2.36. The van der Waals surface area contributed by atoms with E-state index in [2.05, 4.69) is 31.3 Å². The molecule has 4 nitrogen and oxygen atoms in total. The van der Waals surface area contributed by atoms with Crippen molar-refractivity contribution in [3.05, 3.63) is 51.5 Å². The average Bonchev–Trinajstić information content (AvgIpc) is 2.81. The molecular weight excluding hydrogens is 304 g/mol. The number of H-pyrrole nitrogens is 1. The van der Waals surface area contributed by atoms with Gasteiger partial charge in [-0.05, 0) is 24.1 Å². The first-order valence-electron chi connectivity index (χ1n) is 5.10. The van der Waals surface area contributed by atoms with Crippen molar-refractivity contribution in [2.45, 2.75) is 12.5 Å². The Labute approximate surface area is 113 Å². The Balaban J connectivity index is 2.19. The molecule has 0 saturated carbocycles. The van der Waals surface area contributed by atoms with Crippen molar-refractivity contribution in [2.24, 2.45) is 5.84 Å². The Kier molecular flexibility index (Phi) is 4.17. The van der Waals surface area contributed by atoms with E-state index in [1.165, 1.54) is 0 Å². The lowest BCUT2D eigenvalue weighted by molar-refractivity contribution is 0.527. The first-order chi connectivity index (χ1) is 8.20. The van der Waals surface area contributed by atoms with Gasteiger partial charge in [-0.2, -0.15) is 0 Å². The molecule has 0 amide bonds. The largest absolute Gasteiger partial charge is 0.347 e. The van der Waals surface area contributed by atoms with Gasteiger partial charge in [-0.15, -0.1) is 0 Å². The van der Waals surface area contributed by atoms with Gasteiger partial charge in [-0.25, -0.2) is 10.4 Å². The summed E-state index contributed by atoms with van der Waals surface area (Å²) in [5.41, 5.74) is 3.75. The lowest BCUT2D eigenvalue weighted by Crippen LogP contribution is -2.30. The van der Waals surface area contributed by atoms with E-state index in [4.69, 9.17) is 17.4 Å². The quantitative estimate of drug-likeness (QED) is 0.600. The molecule has 0 aliphatic rings. The summed E-state index contributed by atoms with van der Waals surface area (Å²) in [6.45, 7) is 0. The Hall–Kier alpha value is -0.880. The third-order valence-corrected chi connectivity index (χ3v) is 3.33. The van der Waals surface area contributed by atoms with E-state index >= 15 is 0 Å². The minimum absolute atomic E-state index is 0.0799. The fourth-order valence-electron chi connectivity index (χ4n) is 1.61. The second kappa shape index (κ2) is 5.64. The average molecular weight is 316 g/mol. The monoisotopic (exact) mass is 314 g/mol. The van der Waals surface area contributed by atoms with Crippen LogP contribution >= 0.6 is 27.5 Å². The van der Waals surface area contributed by atoms with Crippen LogP contribution in [0.1, 0.15) is 17.4 Å². The number of hydrogen-bond donors (Lipinski definition) is 3. The number of hydrogen-bond acceptors (Lipinski definition) is 3. The number of imidazole rings is 1. The number of benzene rings is 1. The van der Waals surface area contributed by atoms with Crippen molar-refractivity contribution in [1.82, 2.24) is 15.4 Å². The maximum atomic E-state index is 6.16. The van der Waals surface area contributed by atoms with Crippen LogP contribution in [0.25, 0.3) is 0 Å². The Morgan fingerprint density at radius 3 is 2.94 bits per heavy atom. The molecule has 0 bridgehead atoms. The van der Waals surface area contributed by atoms with Crippen LogP contribution in [0.5, 0.6) is 0 Å². The van der Waals surface area contributed by atoms with Gasteiger partial charge < -0.3 is 4.98 Å². The number of halogens is 2. The van der Waals surface area contributed by atoms with Crippen LogP contribution in [0, 0.1) is 0 Å². The molecule has 0 aliphatic heterocycles. The zero-order valence-electron chi connectivity index (χ0n) is 8.95. The highest BCUT2D eigenvalue weighted by molar-refractivity contribution is 9.10. The van der Waals surface area contributed by atoms with Gasteiger partial charge in [0.05, 0.1) is 6.04 Å². The van der Waals surface area contributed by atoms with Crippen molar-refractivity contribution in [3.63, 3.8) is 0 Å². The topological polar surface area (TPSA) is 66.7 Å². The molecule has 1 aromatic heterocycles. The van der Waals surface area contributed by atoms with E-state index in [9.17, 15) is 0 Å². The molecule has 1 unspecified atom stereocenters. The van der Waals surface area contributed by atoms with Gasteiger partial charge in [0.1, 0.15) is 5.82 Å². The normalized spacial score (nSPS) is 12.6. The van der Waals surface area contributed by atoms with Gasteiger partial charge in [0, 0.05) is 21.9 Å². The molecular formula is C11H12BrClN4. The molecule has 1 aromatic carbocycles. The highest BCUT2D eigenvalue weighted by Gasteiger charge is 2.14. The molecule has 1 atom stereocenters. The highest BCUT2D eigenvalue weighted by atomic mass is 79.9. The number of nitrogens with two attached hydrogens (primary N) is 1. The van der Waals surface area contributed by atoms with Crippen LogP contribution in [0.2, 0.25) is 5.02 Å². The van der Waals surface area contributed by atoms with Crippen molar-refractivity contribution in [1.29, 1.82) is 0 Å². The summed E-state index contributed by atoms with van der Waals surface area (Å²) in [6.07, 6.45) is 4.14. The van der Waals surface area contributed by atoms with Gasteiger partial charge >= 0.3 is 0 Å². The molecule has 4 N–H and O–H groups in total. The lowest BCUT2D eigenvalue weighted by atomic mass is 10.1. The second-order valence-corrected chi connectivity index (χ2v) is 4.96. The molecule has 90 valence electrons. The van der Waals surface area contributed by atoms with Crippen LogP contribution in [0.4, 0.5) is 0 Å². The van der Waals surface area contributed by atoms with Crippen molar-refractivity contribution in [3.8, 4) is 0 Å².